The highest BCUT2D eigenvalue weighted by Crippen LogP contribution is 2.24. The molecule has 0 saturated carbocycles. The van der Waals surface area contributed by atoms with E-state index in [-0.39, 0.29) is 10.6 Å². The molecule has 0 spiro atoms. The van der Waals surface area contributed by atoms with Gasteiger partial charge in [0, 0.05) is 16.6 Å². The molecule has 3 rings (SSSR count). The fourth-order valence-electron chi connectivity index (χ4n) is 2.27. The number of benzene rings is 2. The first-order valence-corrected chi connectivity index (χ1v) is 9.73. The van der Waals surface area contributed by atoms with E-state index in [0.29, 0.717) is 11.3 Å². The number of nitrogens with one attached hydrogen (secondary N) is 1. The summed E-state index contributed by atoms with van der Waals surface area (Å²) in [5.41, 5.74) is 2.05. The van der Waals surface area contributed by atoms with E-state index in [1.165, 1.54) is 17.4 Å². The predicted molar refractivity (Wildman–Crippen MR) is 98.1 cm³/mol. The van der Waals surface area contributed by atoms with E-state index in [0.717, 1.165) is 10.6 Å². The number of thiazole rings is 1. The maximum Gasteiger partial charge on any atom is 0.275 e. The van der Waals surface area contributed by atoms with Crippen LogP contribution in [0.1, 0.15) is 16.1 Å². The molecular weight excluding hydrogens is 358 g/mol. The molecule has 8 heteroatoms. The lowest BCUT2D eigenvalue weighted by Gasteiger charge is -2.08. The van der Waals surface area contributed by atoms with Crippen molar-refractivity contribution < 1.29 is 13.2 Å². The number of nitrogens with two attached hydrogens (primary N) is 1. The minimum absolute atomic E-state index is 0.0199. The van der Waals surface area contributed by atoms with Crippen LogP contribution in [0.15, 0.2) is 58.8 Å². The summed E-state index contributed by atoms with van der Waals surface area (Å²) in [5, 5.41) is 10.2. The van der Waals surface area contributed by atoms with E-state index in [4.69, 9.17) is 5.14 Å². The third kappa shape index (κ3) is 3.93. The fourth-order valence-corrected chi connectivity index (χ4v) is 3.89. The number of sulfonamides is 1. The first-order chi connectivity index (χ1) is 11.8. The normalized spacial score (nSPS) is 11.3. The maximum absolute atomic E-state index is 12.4. The summed E-state index contributed by atoms with van der Waals surface area (Å²) >= 11 is 1.36. The molecule has 3 aromatic rings. The van der Waals surface area contributed by atoms with Crippen molar-refractivity contribution >= 4 is 33.0 Å². The Morgan fingerprint density at radius 2 is 1.88 bits per heavy atom. The van der Waals surface area contributed by atoms with Crippen LogP contribution in [0.25, 0.3) is 10.6 Å². The molecular formula is C17H15N3O3S2. The van der Waals surface area contributed by atoms with Gasteiger partial charge >= 0.3 is 0 Å². The minimum Gasteiger partial charge on any atom is -0.321 e. The maximum atomic E-state index is 12.4. The molecule has 0 radical (unpaired) electrons. The van der Waals surface area contributed by atoms with Crippen molar-refractivity contribution in [3.05, 3.63) is 65.2 Å². The Kier molecular flexibility index (Phi) is 4.67. The SMILES string of the molecule is Cc1ccc(NC(=O)c2csc(-c3ccccc3)n2)cc1S(N)(=O)=O. The molecule has 3 N–H and O–H groups in total. The molecule has 25 heavy (non-hydrogen) atoms. The first kappa shape index (κ1) is 17.3. The summed E-state index contributed by atoms with van der Waals surface area (Å²) in [7, 11) is -3.85. The second kappa shape index (κ2) is 6.75. The van der Waals surface area contributed by atoms with Crippen molar-refractivity contribution in [2.75, 3.05) is 5.32 Å². The highest BCUT2D eigenvalue weighted by Gasteiger charge is 2.15. The molecule has 0 fully saturated rings. The number of aryl methyl sites for hydroxylation is 1. The molecule has 0 aliphatic rings. The van der Waals surface area contributed by atoms with E-state index in [9.17, 15) is 13.2 Å². The molecule has 1 heterocycles. The van der Waals surface area contributed by atoms with Crippen LogP contribution in [0.2, 0.25) is 0 Å². The second-order valence-corrected chi connectivity index (χ2v) is 7.77. The van der Waals surface area contributed by atoms with Crippen molar-refractivity contribution in [1.29, 1.82) is 0 Å². The lowest BCUT2D eigenvalue weighted by atomic mass is 10.2. The molecule has 1 amide bonds. The van der Waals surface area contributed by atoms with E-state index in [2.05, 4.69) is 10.3 Å². The van der Waals surface area contributed by atoms with Gasteiger partial charge in [0.25, 0.3) is 5.91 Å². The Balaban J connectivity index is 1.83. The molecule has 1 aromatic heterocycles. The summed E-state index contributed by atoms with van der Waals surface area (Å²) in [5.74, 6) is -0.414. The number of nitrogens with zero attached hydrogens (tertiary/aromatic N) is 1. The molecule has 0 bridgehead atoms. The summed E-state index contributed by atoms with van der Waals surface area (Å²) in [4.78, 5) is 16.7. The topological polar surface area (TPSA) is 102 Å². The van der Waals surface area contributed by atoms with Crippen LogP contribution in [-0.4, -0.2) is 19.3 Å². The van der Waals surface area contributed by atoms with Crippen molar-refractivity contribution in [1.82, 2.24) is 4.98 Å². The Morgan fingerprint density at radius 1 is 1.16 bits per heavy atom. The average molecular weight is 373 g/mol. The van der Waals surface area contributed by atoms with E-state index in [1.54, 1.807) is 24.4 Å². The van der Waals surface area contributed by atoms with Gasteiger partial charge in [0.2, 0.25) is 10.0 Å². The standard InChI is InChI=1S/C17H15N3O3S2/c1-11-7-8-13(9-15(11)25(18,22)23)19-16(21)14-10-24-17(20-14)12-5-3-2-4-6-12/h2-10H,1H3,(H,19,21)(H2,18,22,23). The number of carbonyl (C=O) groups is 1. The number of carbonyl (C=O) groups excluding carboxylic acids is 1. The Morgan fingerprint density at radius 3 is 2.56 bits per heavy atom. The van der Waals surface area contributed by atoms with Gasteiger partial charge in [-0.1, -0.05) is 36.4 Å². The summed E-state index contributed by atoms with van der Waals surface area (Å²) in [6.07, 6.45) is 0. The average Bonchev–Trinajstić information content (AvgIpc) is 3.06. The Hall–Kier alpha value is -2.55. The molecule has 2 aromatic carbocycles. The van der Waals surface area contributed by atoms with Gasteiger partial charge in [-0.25, -0.2) is 18.5 Å². The van der Waals surface area contributed by atoms with Gasteiger partial charge in [-0.3, -0.25) is 4.79 Å². The van der Waals surface area contributed by atoms with Gasteiger partial charge in [-0.05, 0) is 24.6 Å². The number of hydrogen-bond donors (Lipinski definition) is 2. The van der Waals surface area contributed by atoms with Crippen LogP contribution in [0.4, 0.5) is 5.69 Å². The van der Waals surface area contributed by atoms with Crippen LogP contribution in [0.3, 0.4) is 0 Å². The molecule has 0 aliphatic heterocycles. The van der Waals surface area contributed by atoms with Gasteiger partial charge in [0.1, 0.15) is 10.7 Å². The zero-order chi connectivity index (χ0) is 18.0. The van der Waals surface area contributed by atoms with E-state index < -0.39 is 15.9 Å². The quantitative estimate of drug-likeness (QED) is 0.734. The fraction of sp³-hybridized carbons (Fsp3) is 0.0588. The first-order valence-electron chi connectivity index (χ1n) is 7.30. The molecule has 128 valence electrons. The van der Waals surface area contributed by atoms with Crippen LogP contribution in [-0.2, 0) is 10.0 Å². The number of amides is 1. The van der Waals surface area contributed by atoms with E-state index in [1.807, 2.05) is 30.3 Å². The number of aromatic nitrogens is 1. The van der Waals surface area contributed by atoms with Crippen LogP contribution in [0, 0.1) is 6.92 Å². The highest BCUT2D eigenvalue weighted by molar-refractivity contribution is 7.89. The minimum atomic E-state index is -3.85. The molecule has 0 unspecified atom stereocenters. The summed E-state index contributed by atoms with van der Waals surface area (Å²) in [6, 6.07) is 14.1. The van der Waals surface area contributed by atoms with Crippen LogP contribution in [0.5, 0.6) is 0 Å². The van der Waals surface area contributed by atoms with Gasteiger partial charge in [0.15, 0.2) is 0 Å². The number of rotatable bonds is 4. The highest BCUT2D eigenvalue weighted by atomic mass is 32.2. The van der Waals surface area contributed by atoms with Gasteiger partial charge in [-0.2, -0.15) is 0 Å². The summed E-state index contributed by atoms with van der Waals surface area (Å²) < 4.78 is 23.2. The lowest BCUT2D eigenvalue weighted by Crippen LogP contribution is -2.16. The number of primary sulfonamides is 1. The van der Waals surface area contributed by atoms with E-state index >= 15 is 0 Å². The Labute approximate surface area is 149 Å². The van der Waals surface area contributed by atoms with Crippen molar-refractivity contribution in [3.8, 4) is 10.6 Å². The predicted octanol–water partition coefficient (Wildman–Crippen LogP) is 3.02. The van der Waals surface area contributed by atoms with Gasteiger partial charge < -0.3 is 5.32 Å². The third-order valence-electron chi connectivity index (χ3n) is 3.51. The second-order valence-electron chi connectivity index (χ2n) is 5.38. The number of anilines is 1. The molecule has 0 atom stereocenters. The van der Waals surface area contributed by atoms with Gasteiger partial charge in [-0.15, -0.1) is 11.3 Å². The lowest BCUT2D eigenvalue weighted by molar-refractivity contribution is 0.102. The Bertz CT molecular complexity index is 1030. The summed E-state index contributed by atoms with van der Waals surface area (Å²) in [6.45, 7) is 1.64. The largest absolute Gasteiger partial charge is 0.321 e. The van der Waals surface area contributed by atoms with Crippen molar-refractivity contribution in [2.45, 2.75) is 11.8 Å². The zero-order valence-electron chi connectivity index (χ0n) is 13.3. The van der Waals surface area contributed by atoms with Crippen molar-refractivity contribution in [2.24, 2.45) is 5.14 Å². The van der Waals surface area contributed by atoms with Crippen LogP contribution >= 0.6 is 11.3 Å². The molecule has 0 aliphatic carbocycles. The smallest absolute Gasteiger partial charge is 0.275 e. The molecule has 6 nitrogen and oxygen atoms in total. The molecule has 0 saturated heterocycles. The monoisotopic (exact) mass is 373 g/mol. The number of hydrogen-bond acceptors (Lipinski definition) is 5. The third-order valence-corrected chi connectivity index (χ3v) is 5.45. The van der Waals surface area contributed by atoms with Crippen molar-refractivity contribution in [3.63, 3.8) is 0 Å². The van der Waals surface area contributed by atoms with Gasteiger partial charge in [0.05, 0.1) is 4.90 Å². The zero-order valence-corrected chi connectivity index (χ0v) is 14.9. The van der Waals surface area contributed by atoms with Crippen LogP contribution < -0.4 is 10.5 Å².